The number of nitriles is 1. The molecule has 2 aromatic heterocycles. The first-order chi connectivity index (χ1) is 12.2. The van der Waals surface area contributed by atoms with Crippen LogP contribution in [-0.2, 0) is 14.1 Å². The summed E-state index contributed by atoms with van der Waals surface area (Å²) in [7, 11) is -0.490. The van der Waals surface area contributed by atoms with Gasteiger partial charge >= 0.3 is 7.12 Å². The van der Waals surface area contributed by atoms with E-state index in [1.54, 1.807) is 21.7 Å². The van der Waals surface area contributed by atoms with Crippen LogP contribution in [0.1, 0.15) is 34.1 Å². The summed E-state index contributed by atoms with van der Waals surface area (Å²) in [5.74, 6) is -0.722. The van der Waals surface area contributed by atoms with Crippen LogP contribution in [0, 0.1) is 17.2 Å². The van der Waals surface area contributed by atoms with E-state index in [4.69, 9.17) is 14.6 Å². The topological polar surface area (TPSA) is 79.9 Å². The second-order valence-corrected chi connectivity index (χ2v) is 7.87. The van der Waals surface area contributed by atoms with Gasteiger partial charge in [-0.1, -0.05) is 0 Å². The predicted octanol–water partition coefficient (Wildman–Crippen LogP) is 1.51. The molecule has 2 aromatic rings. The van der Waals surface area contributed by atoms with Crippen molar-refractivity contribution in [2.45, 2.75) is 45.3 Å². The number of anilines is 1. The van der Waals surface area contributed by atoms with Crippen LogP contribution < -0.4 is 10.4 Å². The molecule has 26 heavy (non-hydrogen) atoms. The molecule has 2 saturated heterocycles. The van der Waals surface area contributed by atoms with Crippen molar-refractivity contribution in [1.29, 1.82) is 5.26 Å². The fourth-order valence-corrected chi connectivity index (χ4v) is 3.40. The van der Waals surface area contributed by atoms with Crippen molar-refractivity contribution in [2.24, 2.45) is 5.92 Å². The molecule has 1 atom stereocenters. The lowest BCUT2D eigenvalue weighted by molar-refractivity contribution is -0.118. The van der Waals surface area contributed by atoms with Gasteiger partial charge in [-0.3, -0.25) is 4.79 Å². The number of fused-ring (bicyclic) bond motifs is 1. The third-order valence-corrected chi connectivity index (χ3v) is 5.69. The van der Waals surface area contributed by atoms with Crippen molar-refractivity contribution < 1.29 is 14.1 Å². The van der Waals surface area contributed by atoms with Gasteiger partial charge in [0.2, 0.25) is 5.91 Å². The first-order valence-corrected chi connectivity index (χ1v) is 8.77. The van der Waals surface area contributed by atoms with E-state index in [1.165, 1.54) is 0 Å². The smallest absolute Gasteiger partial charge is 0.399 e. The Morgan fingerprint density at radius 1 is 1.31 bits per heavy atom. The Labute approximate surface area is 152 Å². The van der Waals surface area contributed by atoms with E-state index in [-0.39, 0.29) is 5.91 Å². The second-order valence-electron chi connectivity index (χ2n) is 7.87. The molecule has 0 radical (unpaired) electrons. The zero-order chi connectivity index (χ0) is 18.7. The first-order valence-electron chi connectivity index (χ1n) is 8.77. The summed E-state index contributed by atoms with van der Waals surface area (Å²) in [5, 5.41) is 13.5. The van der Waals surface area contributed by atoms with Crippen LogP contribution in [0.3, 0.4) is 0 Å². The number of carbonyl (C=O) groups excluding carboxylic acids is 1. The highest BCUT2D eigenvalue weighted by Crippen LogP contribution is 2.37. The van der Waals surface area contributed by atoms with E-state index in [9.17, 15) is 4.79 Å². The SMILES string of the molecule is CC1(C)OB(c2cc3c(N4CCC(C#N)C4=O)ccnn3c2)OC1(C)C. The second kappa shape index (κ2) is 5.56. The molecule has 0 aromatic carbocycles. The Balaban J connectivity index is 1.72. The van der Waals surface area contributed by atoms with Gasteiger partial charge in [0.1, 0.15) is 5.92 Å². The number of amides is 1. The monoisotopic (exact) mass is 352 g/mol. The van der Waals surface area contributed by atoms with Crippen molar-refractivity contribution in [3.8, 4) is 6.07 Å². The van der Waals surface area contributed by atoms with E-state index in [1.807, 2.05) is 40.0 Å². The third kappa shape index (κ3) is 2.42. The number of hydrogen-bond acceptors (Lipinski definition) is 5. The number of hydrogen-bond donors (Lipinski definition) is 0. The Hall–Kier alpha value is -2.37. The van der Waals surface area contributed by atoms with Crippen LogP contribution >= 0.6 is 0 Å². The molecular weight excluding hydrogens is 331 g/mol. The molecule has 0 spiro atoms. The van der Waals surface area contributed by atoms with Gasteiger partial charge < -0.3 is 14.2 Å². The average molecular weight is 352 g/mol. The van der Waals surface area contributed by atoms with Gasteiger partial charge in [0.05, 0.1) is 28.5 Å². The molecule has 4 heterocycles. The maximum Gasteiger partial charge on any atom is 0.496 e. The van der Waals surface area contributed by atoms with Crippen LogP contribution in [0.25, 0.3) is 5.52 Å². The lowest BCUT2D eigenvalue weighted by atomic mass is 9.81. The Bertz CT molecular complexity index is 914. The quantitative estimate of drug-likeness (QED) is 0.766. The van der Waals surface area contributed by atoms with Gasteiger partial charge in [-0.2, -0.15) is 10.4 Å². The molecular formula is C18H21BN4O3. The molecule has 0 N–H and O–H groups in total. The third-order valence-electron chi connectivity index (χ3n) is 5.69. The summed E-state index contributed by atoms with van der Waals surface area (Å²) in [4.78, 5) is 14.1. The Morgan fingerprint density at radius 3 is 2.62 bits per heavy atom. The molecule has 0 aliphatic carbocycles. The summed E-state index contributed by atoms with van der Waals surface area (Å²) in [5.41, 5.74) is 1.56. The summed E-state index contributed by atoms with van der Waals surface area (Å²) in [6, 6.07) is 5.82. The minimum atomic E-state index is -0.569. The fourth-order valence-electron chi connectivity index (χ4n) is 3.40. The first kappa shape index (κ1) is 17.1. The minimum Gasteiger partial charge on any atom is -0.399 e. The standard InChI is InChI=1S/C18H21BN4O3/c1-17(2)18(3,4)26-19(25-17)13-9-15-14(5-7-21-23(15)11-13)22-8-6-12(10-20)16(22)24/h5,7,9,11-12H,6,8H2,1-4H3. The molecule has 2 aliphatic rings. The fraction of sp³-hybridized carbons (Fsp3) is 0.500. The zero-order valence-corrected chi connectivity index (χ0v) is 15.4. The van der Waals surface area contributed by atoms with Crippen LogP contribution in [0.4, 0.5) is 5.69 Å². The van der Waals surface area contributed by atoms with E-state index in [0.717, 1.165) is 16.7 Å². The molecule has 0 bridgehead atoms. The molecule has 7 nitrogen and oxygen atoms in total. The van der Waals surface area contributed by atoms with Crippen molar-refractivity contribution in [1.82, 2.24) is 9.61 Å². The van der Waals surface area contributed by atoms with E-state index >= 15 is 0 Å². The lowest BCUT2D eigenvalue weighted by Crippen LogP contribution is -2.41. The zero-order valence-electron chi connectivity index (χ0n) is 15.4. The molecule has 2 aliphatic heterocycles. The van der Waals surface area contributed by atoms with Gasteiger partial charge in [-0.15, -0.1) is 0 Å². The maximum atomic E-state index is 12.4. The highest BCUT2D eigenvalue weighted by molar-refractivity contribution is 6.62. The molecule has 8 heteroatoms. The normalized spacial score (nSPS) is 24.4. The molecule has 4 rings (SSSR count). The largest absolute Gasteiger partial charge is 0.496 e. The summed E-state index contributed by atoms with van der Waals surface area (Å²) < 4.78 is 14.0. The van der Waals surface area contributed by atoms with Crippen molar-refractivity contribution in [2.75, 3.05) is 11.4 Å². The van der Waals surface area contributed by atoms with E-state index < -0.39 is 24.2 Å². The van der Waals surface area contributed by atoms with Gasteiger partial charge in [0.15, 0.2) is 0 Å². The van der Waals surface area contributed by atoms with Gasteiger partial charge in [0, 0.05) is 24.4 Å². The highest BCUT2D eigenvalue weighted by Gasteiger charge is 2.52. The van der Waals surface area contributed by atoms with Crippen LogP contribution in [0.2, 0.25) is 0 Å². The molecule has 2 fully saturated rings. The van der Waals surface area contributed by atoms with Crippen LogP contribution in [-0.4, -0.2) is 40.4 Å². The predicted molar refractivity (Wildman–Crippen MR) is 97.0 cm³/mol. The summed E-state index contributed by atoms with van der Waals surface area (Å²) in [6.07, 6.45) is 4.07. The van der Waals surface area contributed by atoms with Gasteiger partial charge in [-0.25, -0.2) is 4.52 Å². The van der Waals surface area contributed by atoms with Crippen LogP contribution in [0.5, 0.6) is 0 Å². The Kier molecular flexibility index (Phi) is 3.65. The lowest BCUT2D eigenvalue weighted by Gasteiger charge is -2.32. The summed E-state index contributed by atoms with van der Waals surface area (Å²) >= 11 is 0. The molecule has 1 unspecified atom stereocenters. The maximum absolute atomic E-state index is 12.4. The average Bonchev–Trinajstić information content (AvgIpc) is 3.21. The molecule has 1 amide bonds. The van der Waals surface area contributed by atoms with E-state index in [2.05, 4.69) is 11.2 Å². The highest BCUT2D eigenvalue weighted by atomic mass is 16.7. The molecule has 0 saturated carbocycles. The van der Waals surface area contributed by atoms with Crippen molar-refractivity contribution in [3.05, 3.63) is 24.5 Å². The molecule has 134 valence electrons. The number of aromatic nitrogens is 2. The van der Waals surface area contributed by atoms with Gasteiger partial charge in [-0.05, 0) is 46.2 Å². The minimum absolute atomic E-state index is 0.154. The summed E-state index contributed by atoms with van der Waals surface area (Å²) in [6.45, 7) is 8.58. The van der Waals surface area contributed by atoms with Crippen molar-refractivity contribution in [3.63, 3.8) is 0 Å². The Morgan fingerprint density at radius 2 is 2.00 bits per heavy atom. The number of nitrogens with zero attached hydrogens (tertiary/aromatic N) is 4. The van der Waals surface area contributed by atoms with Crippen molar-refractivity contribution >= 4 is 29.7 Å². The van der Waals surface area contributed by atoms with E-state index in [0.29, 0.717) is 13.0 Å². The van der Waals surface area contributed by atoms with Crippen LogP contribution in [0.15, 0.2) is 24.5 Å². The van der Waals surface area contributed by atoms with Gasteiger partial charge in [0.25, 0.3) is 0 Å². The number of carbonyl (C=O) groups is 1. The number of rotatable bonds is 2.